The van der Waals surface area contributed by atoms with Gasteiger partial charge in [-0.1, -0.05) is 26.7 Å². The van der Waals surface area contributed by atoms with Crippen molar-refractivity contribution < 1.29 is 8.95 Å². The van der Waals surface area contributed by atoms with Gasteiger partial charge >= 0.3 is 0 Å². The van der Waals surface area contributed by atoms with E-state index < -0.39 is 10.8 Å². The summed E-state index contributed by atoms with van der Waals surface area (Å²) >= 11 is 0. The first-order valence-corrected chi connectivity index (χ1v) is 8.36. The highest BCUT2D eigenvalue weighted by atomic mass is 32.2. The van der Waals surface area contributed by atoms with Gasteiger partial charge in [-0.2, -0.15) is 0 Å². The fraction of sp³-hybridized carbons (Fsp3) is 1.00. The van der Waals surface area contributed by atoms with Crippen LogP contribution in [0.15, 0.2) is 0 Å². The van der Waals surface area contributed by atoms with Gasteiger partial charge in [0.15, 0.2) is 0 Å². The lowest BCUT2D eigenvalue weighted by atomic mass is 10.1. The molecule has 4 heteroatoms. The predicted molar refractivity (Wildman–Crippen MR) is 73.8 cm³/mol. The molecule has 0 aliphatic carbocycles. The van der Waals surface area contributed by atoms with Crippen molar-refractivity contribution in [1.29, 1.82) is 0 Å². The van der Waals surface area contributed by atoms with E-state index in [9.17, 15) is 4.21 Å². The molecule has 3 atom stereocenters. The maximum absolute atomic E-state index is 12.2. The Morgan fingerprint density at radius 3 is 2.82 bits per heavy atom. The van der Waals surface area contributed by atoms with Crippen LogP contribution >= 0.6 is 0 Å². The summed E-state index contributed by atoms with van der Waals surface area (Å²) in [4.78, 5) is 0. The van der Waals surface area contributed by atoms with Crippen molar-refractivity contribution in [3.05, 3.63) is 0 Å². The third kappa shape index (κ3) is 5.49. The smallest absolute Gasteiger partial charge is 0.0735 e. The number of ether oxygens (including phenoxy) is 1. The lowest BCUT2D eigenvalue weighted by Gasteiger charge is -2.31. The number of hydrogen-bond donors (Lipinski definition) is 1. The summed E-state index contributed by atoms with van der Waals surface area (Å²) in [7, 11) is -0.729. The predicted octanol–water partition coefficient (Wildman–Crippen LogP) is 2.08. The van der Waals surface area contributed by atoms with E-state index in [0.717, 1.165) is 38.2 Å². The Morgan fingerprint density at radius 2 is 2.12 bits per heavy atom. The molecule has 3 nitrogen and oxygen atoms in total. The van der Waals surface area contributed by atoms with Gasteiger partial charge in [0.05, 0.1) is 11.9 Å². The maximum Gasteiger partial charge on any atom is 0.0735 e. The van der Waals surface area contributed by atoms with Gasteiger partial charge in [-0.15, -0.1) is 0 Å². The van der Waals surface area contributed by atoms with Crippen LogP contribution in [0.2, 0.25) is 0 Å². The highest BCUT2D eigenvalue weighted by molar-refractivity contribution is 7.85. The SMILES string of the molecule is CCCCCS(=O)C1COCCC1NCCC. The fourth-order valence-electron chi connectivity index (χ4n) is 2.18. The zero-order valence-corrected chi connectivity index (χ0v) is 12.1. The van der Waals surface area contributed by atoms with E-state index in [1.165, 1.54) is 12.8 Å². The second-order valence-corrected chi connectivity index (χ2v) is 6.53. The van der Waals surface area contributed by atoms with E-state index in [1.54, 1.807) is 0 Å². The van der Waals surface area contributed by atoms with Crippen molar-refractivity contribution in [2.24, 2.45) is 0 Å². The number of unbranched alkanes of at least 4 members (excludes halogenated alkanes) is 2. The molecule has 0 saturated carbocycles. The van der Waals surface area contributed by atoms with Crippen molar-refractivity contribution >= 4 is 10.8 Å². The van der Waals surface area contributed by atoms with Crippen molar-refractivity contribution in [2.45, 2.75) is 57.2 Å². The summed E-state index contributed by atoms with van der Waals surface area (Å²) in [5, 5.41) is 3.72. The molecule has 1 rings (SSSR count). The molecule has 1 aliphatic heterocycles. The van der Waals surface area contributed by atoms with Crippen LogP contribution in [-0.4, -0.2) is 41.0 Å². The van der Waals surface area contributed by atoms with Crippen LogP contribution in [0.3, 0.4) is 0 Å². The van der Waals surface area contributed by atoms with Crippen LogP contribution in [0.25, 0.3) is 0 Å². The van der Waals surface area contributed by atoms with E-state index in [-0.39, 0.29) is 5.25 Å². The topological polar surface area (TPSA) is 38.3 Å². The molecule has 0 amide bonds. The summed E-state index contributed by atoms with van der Waals surface area (Å²) < 4.78 is 17.7. The largest absolute Gasteiger partial charge is 0.380 e. The van der Waals surface area contributed by atoms with E-state index in [4.69, 9.17) is 4.74 Å². The molecule has 0 aromatic carbocycles. The Bertz CT molecular complexity index is 223. The van der Waals surface area contributed by atoms with Gasteiger partial charge in [0.2, 0.25) is 0 Å². The molecule has 1 fully saturated rings. The Hall–Kier alpha value is 0.0700. The van der Waals surface area contributed by atoms with Gasteiger partial charge in [0.1, 0.15) is 0 Å². The first kappa shape index (κ1) is 15.1. The van der Waals surface area contributed by atoms with Gasteiger partial charge in [-0.3, -0.25) is 4.21 Å². The van der Waals surface area contributed by atoms with Crippen LogP contribution in [0, 0.1) is 0 Å². The highest BCUT2D eigenvalue weighted by Crippen LogP contribution is 2.15. The number of nitrogens with one attached hydrogen (secondary N) is 1. The van der Waals surface area contributed by atoms with Gasteiger partial charge in [-0.05, 0) is 25.8 Å². The molecule has 1 heterocycles. The zero-order valence-electron chi connectivity index (χ0n) is 11.2. The van der Waals surface area contributed by atoms with E-state index in [2.05, 4.69) is 19.2 Å². The molecule has 1 saturated heterocycles. The molecule has 0 aromatic heterocycles. The minimum Gasteiger partial charge on any atom is -0.380 e. The standard InChI is InChI=1S/C13H27NO2S/c1-3-5-6-10-17(15)13-11-16-9-7-12(13)14-8-4-2/h12-14H,3-11H2,1-2H3. The Balaban J connectivity index is 2.37. The van der Waals surface area contributed by atoms with Crippen LogP contribution in [-0.2, 0) is 15.5 Å². The molecular formula is C13H27NO2S. The van der Waals surface area contributed by atoms with Gasteiger partial charge in [0, 0.05) is 29.2 Å². The normalized spacial score (nSPS) is 26.9. The van der Waals surface area contributed by atoms with Crippen LogP contribution < -0.4 is 5.32 Å². The quantitative estimate of drug-likeness (QED) is 0.680. The molecule has 102 valence electrons. The molecule has 1 aliphatic rings. The van der Waals surface area contributed by atoms with E-state index >= 15 is 0 Å². The fourth-order valence-corrected chi connectivity index (χ4v) is 3.82. The van der Waals surface area contributed by atoms with Crippen LogP contribution in [0.4, 0.5) is 0 Å². The average molecular weight is 261 g/mol. The average Bonchev–Trinajstić information content (AvgIpc) is 2.37. The van der Waals surface area contributed by atoms with Crippen molar-refractivity contribution in [2.75, 3.05) is 25.5 Å². The summed E-state index contributed by atoms with van der Waals surface area (Å²) in [5.74, 6) is 0.839. The minimum absolute atomic E-state index is 0.201. The molecule has 17 heavy (non-hydrogen) atoms. The summed E-state index contributed by atoms with van der Waals surface area (Å²) in [6.45, 7) is 6.84. The van der Waals surface area contributed by atoms with Crippen molar-refractivity contribution in [3.8, 4) is 0 Å². The highest BCUT2D eigenvalue weighted by Gasteiger charge is 2.29. The Labute approximate surface area is 108 Å². The van der Waals surface area contributed by atoms with Crippen LogP contribution in [0.1, 0.15) is 46.0 Å². The summed E-state index contributed by atoms with van der Waals surface area (Å²) in [6.07, 6.45) is 5.60. The lowest BCUT2D eigenvalue weighted by Crippen LogP contribution is -2.49. The molecule has 0 radical (unpaired) electrons. The van der Waals surface area contributed by atoms with E-state index in [1.807, 2.05) is 0 Å². The number of hydrogen-bond acceptors (Lipinski definition) is 3. The van der Waals surface area contributed by atoms with Gasteiger partial charge in [-0.25, -0.2) is 0 Å². The summed E-state index contributed by atoms with van der Waals surface area (Å²) in [6, 6.07) is 0.395. The molecule has 3 unspecified atom stereocenters. The molecule has 0 spiro atoms. The Morgan fingerprint density at radius 1 is 1.29 bits per heavy atom. The first-order chi connectivity index (χ1) is 8.29. The monoisotopic (exact) mass is 261 g/mol. The van der Waals surface area contributed by atoms with Gasteiger partial charge < -0.3 is 10.1 Å². The van der Waals surface area contributed by atoms with Crippen molar-refractivity contribution in [1.82, 2.24) is 5.32 Å². The van der Waals surface area contributed by atoms with Crippen molar-refractivity contribution in [3.63, 3.8) is 0 Å². The maximum atomic E-state index is 12.2. The third-order valence-corrected chi connectivity index (χ3v) is 5.08. The second-order valence-electron chi connectivity index (χ2n) is 4.75. The zero-order chi connectivity index (χ0) is 12.5. The van der Waals surface area contributed by atoms with E-state index in [0.29, 0.717) is 12.6 Å². The minimum atomic E-state index is -0.729. The second kappa shape index (κ2) is 9.06. The Kier molecular flexibility index (Phi) is 8.06. The molecular weight excluding hydrogens is 234 g/mol. The third-order valence-electron chi connectivity index (χ3n) is 3.25. The summed E-state index contributed by atoms with van der Waals surface area (Å²) in [5.41, 5.74) is 0. The molecule has 0 bridgehead atoms. The first-order valence-electron chi connectivity index (χ1n) is 6.97. The lowest BCUT2D eigenvalue weighted by molar-refractivity contribution is 0.0820. The van der Waals surface area contributed by atoms with Gasteiger partial charge in [0.25, 0.3) is 0 Å². The van der Waals surface area contributed by atoms with Crippen LogP contribution in [0.5, 0.6) is 0 Å². The molecule has 0 aromatic rings. The number of rotatable bonds is 8. The molecule has 1 N–H and O–H groups in total.